The second-order valence-electron chi connectivity index (χ2n) is 5.03. The molecule has 0 aliphatic carbocycles. The highest BCUT2D eigenvalue weighted by atomic mass is 15.2. The van der Waals surface area contributed by atoms with Crippen molar-refractivity contribution in [2.24, 2.45) is 7.05 Å². The first-order valence-electron chi connectivity index (χ1n) is 7.53. The summed E-state index contributed by atoms with van der Waals surface area (Å²) in [5.74, 6) is 1.87. The van der Waals surface area contributed by atoms with Crippen molar-refractivity contribution in [3.05, 3.63) is 29.8 Å². The van der Waals surface area contributed by atoms with E-state index < -0.39 is 0 Å². The molecule has 0 aliphatic rings. The van der Waals surface area contributed by atoms with Gasteiger partial charge in [-0.3, -0.25) is 4.68 Å². The Hall–Kier alpha value is -2.11. The van der Waals surface area contributed by atoms with Crippen molar-refractivity contribution in [3.8, 4) is 0 Å². The smallest absolute Gasteiger partial charge is 0.134 e. The van der Waals surface area contributed by atoms with Gasteiger partial charge in [-0.1, -0.05) is 13.8 Å². The van der Waals surface area contributed by atoms with Gasteiger partial charge in [0.1, 0.15) is 18.0 Å². The maximum atomic E-state index is 4.37. The van der Waals surface area contributed by atoms with Crippen LogP contribution in [0.25, 0.3) is 0 Å². The lowest BCUT2D eigenvalue weighted by molar-refractivity contribution is 0.766. The first kappa shape index (κ1) is 15.3. The highest BCUT2D eigenvalue weighted by Crippen LogP contribution is 2.20. The number of aryl methyl sites for hydroxylation is 1. The highest BCUT2D eigenvalue weighted by Gasteiger charge is 2.09. The van der Waals surface area contributed by atoms with Crippen LogP contribution >= 0.6 is 0 Å². The van der Waals surface area contributed by atoms with E-state index in [1.54, 1.807) is 6.33 Å². The summed E-state index contributed by atoms with van der Waals surface area (Å²) in [5, 5.41) is 10.9. The third-order valence-corrected chi connectivity index (χ3v) is 3.31. The average molecular weight is 288 g/mol. The number of nitrogens with zero attached hydrogens (tertiary/aromatic N) is 4. The van der Waals surface area contributed by atoms with Crippen LogP contribution in [0.2, 0.25) is 0 Å². The molecule has 0 amide bonds. The van der Waals surface area contributed by atoms with E-state index in [9.17, 15) is 0 Å². The summed E-state index contributed by atoms with van der Waals surface area (Å²) in [6.45, 7) is 6.04. The lowest BCUT2D eigenvalue weighted by Gasteiger charge is -2.13. The summed E-state index contributed by atoms with van der Waals surface area (Å²) in [7, 11) is 1.93. The number of anilines is 2. The zero-order chi connectivity index (χ0) is 15.1. The molecule has 0 atom stereocenters. The molecule has 2 heterocycles. The standard InChI is InChI=1S/C15H24N6/c1-4-7-16-14-13(5-2)15(19-11-18-14)17-8-6-12-9-20-21(3)10-12/h9-11H,4-8H2,1-3H3,(H2,16,17,18,19). The Bertz CT molecular complexity index is 563. The van der Waals surface area contributed by atoms with Crippen molar-refractivity contribution < 1.29 is 0 Å². The van der Waals surface area contributed by atoms with E-state index in [1.807, 2.05) is 24.1 Å². The molecule has 2 aromatic heterocycles. The van der Waals surface area contributed by atoms with Crippen molar-refractivity contribution in [2.75, 3.05) is 23.7 Å². The predicted molar refractivity (Wildman–Crippen MR) is 85.6 cm³/mol. The van der Waals surface area contributed by atoms with E-state index in [-0.39, 0.29) is 0 Å². The van der Waals surface area contributed by atoms with E-state index in [2.05, 4.69) is 39.5 Å². The minimum Gasteiger partial charge on any atom is -0.370 e. The Morgan fingerprint density at radius 1 is 1.10 bits per heavy atom. The molecule has 0 saturated carbocycles. The van der Waals surface area contributed by atoms with E-state index >= 15 is 0 Å². The summed E-state index contributed by atoms with van der Waals surface area (Å²) in [5.41, 5.74) is 2.37. The maximum absolute atomic E-state index is 4.37. The molecule has 21 heavy (non-hydrogen) atoms. The van der Waals surface area contributed by atoms with Gasteiger partial charge in [0.25, 0.3) is 0 Å². The molecule has 114 valence electrons. The number of hydrogen-bond donors (Lipinski definition) is 2. The molecular weight excluding hydrogens is 264 g/mol. The van der Waals surface area contributed by atoms with Crippen LogP contribution in [0, 0.1) is 0 Å². The first-order chi connectivity index (χ1) is 10.2. The molecule has 0 radical (unpaired) electrons. The van der Waals surface area contributed by atoms with Gasteiger partial charge in [0.2, 0.25) is 0 Å². The Morgan fingerprint density at radius 2 is 1.81 bits per heavy atom. The van der Waals surface area contributed by atoms with Crippen LogP contribution in [0.4, 0.5) is 11.6 Å². The minimum absolute atomic E-state index is 0.836. The number of rotatable bonds is 8. The lowest BCUT2D eigenvalue weighted by Crippen LogP contribution is -2.12. The van der Waals surface area contributed by atoms with Gasteiger partial charge < -0.3 is 10.6 Å². The SMILES string of the molecule is CCCNc1ncnc(NCCc2cnn(C)c2)c1CC. The Balaban J connectivity index is 1.98. The number of hydrogen-bond acceptors (Lipinski definition) is 5. The molecule has 2 rings (SSSR count). The monoisotopic (exact) mass is 288 g/mol. The molecule has 6 nitrogen and oxygen atoms in total. The summed E-state index contributed by atoms with van der Waals surface area (Å²) >= 11 is 0. The maximum Gasteiger partial charge on any atom is 0.134 e. The van der Waals surface area contributed by atoms with Gasteiger partial charge in [-0.2, -0.15) is 5.10 Å². The second kappa shape index (κ2) is 7.61. The van der Waals surface area contributed by atoms with Gasteiger partial charge in [-0.25, -0.2) is 9.97 Å². The van der Waals surface area contributed by atoms with Gasteiger partial charge in [-0.15, -0.1) is 0 Å². The zero-order valence-electron chi connectivity index (χ0n) is 13.1. The van der Waals surface area contributed by atoms with Crippen LogP contribution in [0.5, 0.6) is 0 Å². The number of nitrogens with one attached hydrogen (secondary N) is 2. The van der Waals surface area contributed by atoms with Crippen molar-refractivity contribution in [1.29, 1.82) is 0 Å². The Labute approximate surface area is 126 Å². The molecule has 2 aromatic rings. The van der Waals surface area contributed by atoms with E-state index in [0.717, 1.165) is 49.6 Å². The molecule has 6 heteroatoms. The second-order valence-corrected chi connectivity index (χ2v) is 5.03. The molecule has 0 bridgehead atoms. The van der Waals surface area contributed by atoms with Crippen molar-refractivity contribution >= 4 is 11.6 Å². The van der Waals surface area contributed by atoms with Crippen molar-refractivity contribution in [3.63, 3.8) is 0 Å². The molecule has 0 aliphatic heterocycles. The quantitative estimate of drug-likeness (QED) is 0.780. The number of aromatic nitrogens is 4. The van der Waals surface area contributed by atoms with Crippen molar-refractivity contribution in [2.45, 2.75) is 33.1 Å². The predicted octanol–water partition coefficient (Wildman–Crippen LogP) is 2.25. The van der Waals surface area contributed by atoms with Gasteiger partial charge in [0.05, 0.1) is 6.20 Å². The third-order valence-electron chi connectivity index (χ3n) is 3.31. The Morgan fingerprint density at radius 3 is 2.38 bits per heavy atom. The van der Waals surface area contributed by atoms with Crippen LogP contribution in [-0.2, 0) is 19.9 Å². The van der Waals surface area contributed by atoms with Crippen LogP contribution in [-0.4, -0.2) is 32.8 Å². The molecule has 0 aromatic carbocycles. The fourth-order valence-electron chi connectivity index (χ4n) is 2.22. The van der Waals surface area contributed by atoms with E-state index in [4.69, 9.17) is 0 Å². The van der Waals surface area contributed by atoms with Crippen molar-refractivity contribution in [1.82, 2.24) is 19.7 Å². The van der Waals surface area contributed by atoms with Crippen LogP contribution < -0.4 is 10.6 Å². The van der Waals surface area contributed by atoms with Gasteiger partial charge in [-0.05, 0) is 24.8 Å². The summed E-state index contributed by atoms with van der Waals surface area (Å²) < 4.78 is 1.82. The summed E-state index contributed by atoms with van der Waals surface area (Å²) in [6.07, 6.45) is 8.47. The summed E-state index contributed by atoms with van der Waals surface area (Å²) in [6, 6.07) is 0. The fraction of sp³-hybridized carbons (Fsp3) is 0.533. The van der Waals surface area contributed by atoms with Gasteiger partial charge in [0, 0.05) is 31.9 Å². The normalized spacial score (nSPS) is 10.6. The van der Waals surface area contributed by atoms with Gasteiger partial charge in [0.15, 0.2) is 0 Å². The van der Waals surface area contributed by atoms with Gasteiger partial charge >= 0.3 is 0 Å². The molecular formula is C15H24N6. The van der Waals surface area contributed by atoms with Crippen LogP contribution in [0.3, 0.4) is 0 Å². The largest absolute Gasteiger partial charge is 0.370 e. The molecule has 0 fully saturated rings. The third kappa shape index (κ3) is 4.18. The topological polar surface area (TPSA) is 67.7 Å². The fourth-order valence-corrected chi connectivity index (χ4v) is 2.22. The average Bonchev–Trinajstić information content (AvgIpc) is 2.90. The molecule has 0 saturated heterocycles. The highest BCUT2D eigenvalue weighted by molar-refractivity contribution is 5.57. The minimum atomic E-state index is 0.836. The summed E-state index contributed by atoms with van der Waals surface area (Å²) in [4.78, 5) is 8.71. The first-order valence-corrected chi connectivity index (χ1v) is 7.53. The lowest BCUT2D eigenvalue weighted by atomic mass is 10.2. The van der Waals surface area contributed by atoms with E-state index in [1.165, 1.54) is 5.56 Å². The zero-order valence-corrected chi connectivity index (χ0v) is 13.1. The molecule has 2 N–H and O–H groups in total. The van der Waals surface area contributed by atoms with E-state index in [0.29, 0.717) is 0 Å². The Kier molecular flexibility index (Phi) is 5.54. The molecule has 0 unspecified atom stereocenters. The molecule has 0 spiro atoms. The van der Waals surface area contributed by atoms with Crippen LogP contribution in [0.15, 0.2) is 18.7 Å². The van der Waals surface area contributed by atoms with Crippen LogP contribution in [0.1, 0.15) is 31.4 Å².